The second kappa shape index (κ2) is 40.6. The molecule has 0 spiro atoms. The van der Waals surface area contributed by atoms with Crippen LogP contribution in [0.3, 0.4) is 0 Å². The summed E-state index contributed by atoms with van der Waals surface area (Å²) in [6.45, 7) is 23.4. The van der Waals surface area contributed by atoms with Gasteiger partial charge in [-0.15, -0.1) is 24.0 Å². The lowest BCUT2D eigenvalue weighted by molar-refractivity contribution is -0.123. The standard InChI is InChI=1S/C18H20N2.C17H16N2.C17H19N.C16H17NO.C13H13N.C4H8N2O.C3H5ClO.ClH/c1-14(19)17-12-20(13-17)18(15-8-4-2-5-9-15)16-10-6-3-7-11-16;1-18-16-12-19(13-16)17(14-8-4-2-5-9-14)15-10-6-3-7-11-15;1-14-12-18(13-14)17(15-8-4-2-5-9-15)16-10-6-3-7-11-16;18-15-11-17(12-15)16(13-7-3-1-4-8-13)14-9-5-2-6-10-14;14-13(11-7-3-1-4-8-11)12-9-5-2-6-10-12;5-4(7)3-1-6-2-3;4-1-3-2-5-3;/h2-11,17-18H,1,12-13,19H2;2-11,16-17H,12-13H2;2-11,14,17H,12-13H2,1H3;1-10,15-16,18H,11-12H2;1-10,13H,14H2;3,6H,1-2H2,(H2,5,7);3H,1-2H2;1H. The summed E-state index contributed by atoms with van der Waals surface area (Å²) in [6.07, 6.45) is 0.233. The number of nitrogens with one attached hydrogen (secondary N) is 1. The predicted octanol–water partition coefficient (Wildman–Crippen LogP) is 15.2. The Morgan fingerprint density at radius 3 is 0.882 bits per heavy atom. The summed E-state index contributed by atoms with van der Waals surface area (Å²) < 4.78 is 4.73. The van der Waals surface area contributed by atoms with Crippen molar-refractivity contribution in [2.75, 3.05) is 77.9 Å². The van der Waals surface area contributed by atoms with Gasteiger partial charge in [0.25, 0.3) is 0 Å². The zero-order valence-electron chi connectivity index (χ0n) is 58.4. The number of hydrogen-bond acceptors (Lipinski definition) is 10. The van der Waals surface area contributed by atoms with Crippen molar-refractivity contribution in [3.63, 3.8) is 0 Å². The summed E-state index contributed by atoms with van der Waals surface area (Å²) in [5.74, 6) is 1.86. The van der Waals surface area contributed by atoms with Gasteiger partial charge in [-0.05, 0) is 61.6 Å². The summed E-state index contributed by atoms with van der Waals surface area (Å²) in [5, 5.41) is 12.5. The summed E-state index contributed by atoms with van der Waals surface area (Å²) in [7, 11) is 0. The zero-order chi connectivity index (χ0) is 70.6. The van der Waals surface area contributed by atoms with Gasteiger partial charge in [-0.2, -0.15) is 0 Å². The second-order valence-electron chi connectivity index (χ2n) is 26.7. The SMILES string of the molecule is C=C(N)C1CN(C(c2ccccc2)c2ccccc2)C1.CC1CN(C(c2ccccc2)c2ccccc2)C1.Cl.ClCC1CO1.NC(=O)C1CNC1.NC(c1ccccc1)c1ccccc1.OC1CN(C(c2ccccc2)c2ccccc2)C1.[C-]#[N+]C1CN(C(c2ccccc2)c2ccccc2)C1. The number of ether oxygens (including phenoxy) is 1. The molecule has 12 nitrogen and oxygen atoms in total. The van der Waals surface area contributed by atoms with Crippen LogP contribution in [0.25, 0.3) is 4.85 Å². The van der Waals surface area contributed by atoms with Gasteiger partial charge >= 0.3 is 0 Å². The quantitative estimate of drug-likeness (QED) is 0.0338. The second-order valence-corrected chi connectivity index (χ2v) is 27.0. The van der Waals surface area contributed by atoms with Crippen molar-refractivity contribution >= 4 is 29.9 Å². The highest BCUT2D eigenvalue weighted by atomic mass is 35.5. The number of primary amides is 1. The number of benzene rings is 10. The van der Waals surface area contributed by atoms with Crippen LogP contribution in [0.2, 0.25) is 0 Å². The summed E-state index contributed by atoms with van der Waals surface area (Å²) >= 11 is 5.27. The van der Waals surface area contributed by atoms with E-state index in [2.05, 4.69) is 286 Å². The number of aliphatic hydroxyl groups is 1. The number of halogens is 2. The Morgan fingerprint density at radius 2 is 0.706 bits per heavy atom. The van der Waals surface area contributed by atoms with E-state index in [1.165, 1.54) is 57.6 Å². The van der Waals surface area contributed by atoms with Gasteiger partial charge in [0.15, 0.2) is 0 Å². The average molecular weight is 1400 g/mol. The molecule has 6 aliphatic heterocycles. The number of alkyl halides is 1. The minimum Gasteiger partial charge on any atom is -0.402 e. The number of hydrogen-bond donors (Lipinski definition) is 5. The maximum atomic E-state index is 10.2. The normalized spacial score (nSPS) is 16.6. The maximum absolute atomic E-state index is 10.2. The number of likely N-dealkylation sites (tertiary alicyclic amines) is 4. The van der Waals surface area contributed by atoms with E-state index in [9.17, 15) is 9.90 Å². The van der Waals surface area contributed by atoms with Crippen LogP contribution in [0.1, 0.15) is 92.8 Å². The van der Waals surface area contributed by atoms with Crippen molar-refractivity contribution in [1.29, 1.82) is 0 Å². The molecule has 8 N–H and O–H groups in total. The molecule has 0 aliphatic carbocycles. The van der Waals surface area contributed by atoms with Crippen LogP contribution >= 0.6 is 24.0 Å². The van der Waals surface area contributed by atoms with Crippen LogP contribution < -0.4 is 22.5 Å². The molecule has 6 fully saturated rings. The smallest absolute Gasteiger partial charge is 0.248 e. The van der Waals surface area contributed by atoms with E-state index in [0.29, 0.717) is 30.0 Å². The molecule has 6 saturated heterocycles. The van der Waals surface area contributed by atoms with Crippen molar-refractivity contribution in [2.45, 2.75) is 55.4 Å². The van der Waals surface area contributed by atoms with Crippen molar-refractivity contribution in [3.05, 3.63) is 383 Å². The molecule has 1 amide bonds. The molecule has 10 aromatic rings. The Morgan fingerprint density at radius 1 is 0.461 bits per heavy atom. The van der Waals surface area contributed by atoms with Gasteiger partial charge in [0.1, 0.15) is 0 Å². The summed E-state index contributed by atoms with van der Waals surface area (Å²) in [5.41, 5.74) is 30.6. The van der Waals surface area contributed by atoms with Gasteiger partial charge in [0, 0.05) is 64.0 Å². The van der Waals surface area contributed by atoms with Crippen molar-refractivity contribution < 1.29 is 14.6 Å². The number of nitrogens with two attached hydrogens (primary N) is 3. The first-order valence-corrected chi connectivity index (χ1v) is 35.9. The fourth-order valence-corrected chi connectivity index (χ4v) is 13.3. The lowest BCUT2D eigenvalue weighted by atomic mass is 9.89. The monoisotopic (exact) mass is 1400 g/mol. The molecule has 6 aliphatic rings. The summed E-state index contributed by atoms with van der Waals surface area (Å²) in [6, 6.07) is 107. The predicted molar refractivity (Wildman–Crippen MR) is 420 cm³/mol. The molecular weight excluding hydrogens is 1300 g/mol. The molecule has 0 aromatic heterocycles. The molecule has 528 valence electrons. The van der Waals surface area contributed by atoms with Gasteiger partial charge < -0.3 is 37.2 Å². The van der Waals surface area contributed by atoms with Gasteiger partial charge in [0.2, 0.25) is 11.9 Å². The molecule has 0 saturated carbocycles. The fourth-order valence-electron chi connectivity index (χ4n) is 13.1. The number of amides is 1. The number of nitrogens with zero attached hydrogens (tertiary/aromatic N) is 5. The highest BCUT2D eigenvalue weighted by molar-refractivity contribution is 6.18. The first-order valence-electron chi connectivity index (χ1n) is 35.3. The maximum Gasteiger partial charge on any atom is 0.248 e. The molecule has 0 radical (unpaired) electrons. The third kappa shape index (κ3) is 22.7. The number of carbonyl (C=O) groups is 1. The molecule has 14 heteroatoms. The molecule has 1 atom stereocenters. The molecule has 6 heterocycles. The Bertz CT molecular complexity index is 3700. The van der Waals surface area contributed by atoms with Crippen molar-refractivity contribution in [2.24, 2.45) is 35.0 Å². The van der Waals surface area contributed by atoms with Crippen molar-refractivity contribution in [3.8, 4) is 0 Å². The third-order valence-electron chi connectivity index (χ3n) is 18.9. The zero-order valence-corrected chi connectivity index (χ0v) is 60.0. The van der Waals surface area contributed by atoms with Gasteiger partial charge in [-0.1, -0.05) is 317 Å². The van der Waals surface area contributed by atoms with E-state index < -0.39 is 0 Å². The number of carbonyl (C=O) groups excluding carboxylic acids is 1. The minimum atomic E-state index is -0.182. The minimum absolute atomic E-state index is 0. The van der Waals surface area contributed by atoms with E-state index >= 15 is 0 Å². The van der Waals surface area contributed by atoms with E-state index in [1.807, 2.05) is 60.7 Å². The Kier molecular flexibility index (Phi) is 30.7. The number of rotatable bonds is 17. The topological polar surface area (TPSA) is 157 Å². The lowest BCUT2D eigenvalue weighted by Gasteiger charge is -2.45. The van der Waals surface area contributed by atoms with Crippen LogP contribution in [0, 0.1) is 24.3 Å². The first-order chi connectivity index (χ1) is 49.4. The van der Waals surface area contributed by atoms with E-state index in [-0.39, 0.29) is 54.5 Å². The highest BCUT2D eigenvalue weighted by Gasteiger charge is 2.39. The number of aliphatic hydroxyl groups excluding tert-OH is 1. The Balaban J connectivity index is 0.000000142. The average Bonchev–Trinajstić information content (AvgIpc) is 1.03. The van der Waals surface area contributed by atoms with Gasteiger partial charge in [-0.25, -0.2) is 6.57 Å². The first kappa shape index (κ1) is 77.1. The fraction of sp³-hybridized carbons (Fsp3) is 0.273. The van der Waals surface area contributed by atoms with Crippen LogP contribution in [0.4, 0.5) is 0 Å². The molecule has 10 aromatic carbocycles. The Hall–Kier alpha value is -9.04. The molecule has 16 rings (SSSR count). The van der Waals surface area contributed by atoms with Gasteiger partial charge in [0.05, 0.1) is 73.9 Å². The lowest BCUT2D eigenvalue weighted by Crippen LogP contribution is -2.52. The van der Waals surface area contributed by atoms with Crippen LogP contribution in [-0.2, 0) is 9.53 Å². The van der Waals surface area contributed by atoms with E-state index in [4.69, 9.17) is 40.1 Å². The molecule has 102 heavy (non-hydrogen) atoms. The van der Waals surface area contributed by atoms with Gasteiger partial charge in [-0.3, -0.25) is 24.4 Å². The number of epoxide rings is 1. The van der Waals surface area contributed by atoms with Crippen LogP contribution in [-0.4, -0.2) is 127 Å². The molecule has 0 bridgehead atoms. The molecular formula is C88H99Cl2N9O3. The number of β-amino-alcohol motifs (C(OH)–C–C–N with tert-alkyl or cyclic N) is 1. The van der Waals surface area contributed by atoms with Crippen molar-refractivity contribution in [1.82, 2.24) is 24.9 Å². The van der Waals surface area contributed by atoms with E-state index in [0.717, 1.165) is 81.7 Å². The van der Waals surface area contributed by atoms with Crippen LogP contribution in [0.15, 0.2) is 316 Å². The largest absolute Gasteiger partial charge is 0.402 e. The Labute approximate surface area is 616 Å². The third-order valence-corrected chi connectivity index (χ3v) is 19.3. The summed E-state index contributed by atoms with van der Waals surface area (Å²) in [4.78, 5) is 23.5. The van der Waals surface area contributed by atoms with E-state index in [1.54, 1.807) is 0 Å². The van der Waals surface area contributed by atoms with Crippen LogP contribution in [0.5, 0.6) is 0 Å². The highest BCUT2D eigenvalue weighted by Crippen LogP contribution is 2.38. The molecule has 1 unspecified atom stereocenters.